The number of halogens is 1. The first-order valence-electron chi connectivity index (χ1n) is 9.53. The van der Waals surface area contributed by atoms with E-state index in [4.69, 9.17) is 16.6 Å². The van der Waals surface area contributed by atoms with E-state index in [1.54, 1.807) is 18.2 Å². The fraction of sp³-hybridized carbons (Fsp3) is 0.0800. The van der Waals surface area contributed by atoms with E-state index in [9.17, 15) is 10.1 Å². The van der Waals surface area contributed by atoms with Crippen LogP contribution < -0.4 is 0 Å². The van der Waals surface area contributed by atoms with Crippen LogP contribution in [0, 0.1) is 11.3 Å². The van der Waals surface area contributed by atoms with E-state index in [1.807, 2.05) is 78.2 Å². The molecular weight excluding hydrogens is 394 g/mol. The molecule has 1 heterocycles. The number of nitrogens with zero attached hydrogens (tertiary/aromatic N) is 3. The summed E-state index contributed by atoms with van der Waals surface area (Å²) in [6, 6.07) is 28.6. The van der Waals surface area contributed by atoms with Crippen molar-refractivity contribution in [3.8, 4) is 40.0 Å². The van der Waals surface area contributed by atoms with E-state index >= 15 is 0 Å². The Balaban J connectivity index is 2.07. The lowest BCUT2D eigenvalue weighted by atomic mass is 10.0. The first-order chi connectivity index (χ1) is 14.6. The average Bonchev–Trinajstić information content (AvgIpc) is 3.20. The molecule has 30 heavy (non-hydrogen) atoms. The largest absolute Gasteiger partial charge is 0.307 e. The minimum atomic E-state index is -0.533. The molecule has 1 unspecified atom stereocenters. The Morgan fingerprint density at radius 2 is 1.53 bits per heavy atom. The van der Waals surface area contributed by atoms with Crippen LogP contribution in [0.25, 0.3) is 33.9 Å². The van der Waals surface area contributed by atoms with E-state index in [0.29, 0.717) is 11.4 Å². The fourth-order valence-electron chi connectivity index (χ4n) is 3.52. The van der Waals surface area contributed by atoms with Crippen molar-refractivity contribution in [1.82, 2.24) is 9.55 Å². The van der Waals surface area contributed by atoms with Crippen molar-refractivity contribution < 1.29 is 4.79 Å². The molecule has 4 rings (SSSR count). The van der Waals surface area contributed by atoms with E-state index in [1.165, 1.54) is 0 Å². The third-order valence-corrected chi connectivity index (χ3v) is 5.15. The minimum absolute atomic E-state index is 0.385. The maximum atomic E-state index is 11.7. The molecule has 0 saturated carbocycles. The number of nitriles is 1. The highest BCUT2D eigenvalue weighted by Crippen LogP contribution is 2.38. The Labute approximate surface area is 180 Å². The van der Waals surface area contributed by atoms with Crippen molar-refractivity contribution in [3.63, 3.8) is 0 Å². The molecule has 4 nitrogen and oxygen atoms in total. The molecule has 0 N–H and O–H groups in total. The summed E-state index contributed by atoms with van der Waals surface area (Å²) in [7, 11) is 0. The number of hydrogen-bond donors (Lipinski definition) is 0. The normalized spacial score (nSPS) is 11.6. The molecule has 4 aromatic rings. The first kappa shape index (κ1) is 19.6. The monoisotopic (exact) mass is 411 g/mol. The maximum Gasteiger partial charge on any atom is 0.252 e. The van der Waals surface area contributed by atoms with Crippen LogP contribution in [0.15, 0.2) is 84.9 Å². The molecule has 5 heteroatoms. The van der Waals surface area contributed by atoms with Gasteiger partial charge in [0.2, 0.25) is 0 Å². The van der Waals surface area contributed by atoms with Crippen molar-refractivity contribution in [1.29, 1.82) is 5.26 Å². The van der Waals surface area contributed by atoms with Gasteiger partial charge in [0.05, 0.1) is 17.5 Å². The lowest BCUT2D eigenvalue weighted by molar-refractivity contribution is 0.108. The molecular formula is C25H18ClN3O. The third kappa shape index (κ3) is 3.63. The van der Waals surface area contributed by atoms with Crippen molar-refractivity contribution in [2.75, 3.05) is 0 Å². The third-order valence-electron chi connectivity index (χ3n) is 4.93. The molecule has 0 fully saturated rings. The second-order valence-electron chi connectivity index (χ2n) is 6.89. The summed E-state index contributed by atoms with van der Waals surface area (Å²) in [6.07, 6.45) is 0. The molecule has 0 radical (unpaired) electrons. The number of benzene rings is 3. The van der Waals surface area contributed by atoms with Crippen LogP contribution in [-0.4, -0.2) is 14.8 Å². The lowest BCUT2D eigenvalue weighted by Gasteiger charge is -2.15. The number of carbonyl (C=O) groups is 1. The van der Waals surface area contributed by atoms with Gasteiger partial charge in [-0.3, -0.25) is 4.79 Å². The van der Waals surface area contributed by atoms with Gasteiger partial charge in [-0.1, -0.05) is 78.9 Å². The second kappa shape index (κ2) is 8.36. The predicted octanol–water partition coefficient (Wildman–Crippen LogP) is 6.35. The summed E-state index contributed by atoms with van der Waals surface area (Å²) >= 11 is 5.70. The molecule has 1 aromatic heterocycles. The van der Waals surface area contributed by atoms with Gasteiger partial charge in [-0.2, -0.15) is 5.26 Å². The zero-order chi connectivity index (χ0) is 21.1. The van der Waals surface area contributed by atoms with Crippen molar-refractivity contribution in [2.24, 2.45) is 0 Å². The SMILES string of the molecule is CC(C#N)n1c(-c2cccc(C(=O)Cl)c2)nc(-c2ccccc2)c1-c1ccccc1. The molecule has 3 aromatic carbocycles. The molecule has 0 aliphatic rings. The second-order valence-corrected chi connectivity index (χ2v) is 7.24. The number of aromatic nitrogens is 2. The molecule has 0 bridgehead atoms. The Morgan fingerprint density at radius 1 is 0.933 bits per heavy atom. The Morgan fingerprint density at radius 3 is 2.13 bits per heavy atom. The number of rotatable bonds is 5. The van der Waals surface area contributed by atoms with Crippen molar-refractivity contribution in [3.05, 3.63) is 90.5 Å². The van der Waals surface area contributed by atoms with Gasteiger partial charge in [0.15, 0.2) is 0 Å². The zero-order valence-electron chi connectivity index (χ0n) is 16.3. The van der Waals surface area contributed by atoms with Crippen LogP contribution in [0.5, 0.6) is 0 Å². The zero-order valence-corrected chi connectivity index (χ0v) is 17.0. The Kier molecular flexibility index (Phi) is 5.47. The molecule has 146 valence electrons. The molecule has 1 atom stereocenters. The lowest BCUT2D eigenvalue weighted by Crippen LogP contribution is -2.07. The fourth-order valence-corrected chi connectivity index (χ4v) is 3.64. The summed E-state index contributed by atoms with van der Waals surface area (Å²) in [5.74, 6) is 0.613. The van der Waals surface area contributed by atoms with E-state index < -0.39 is 11.3 Å². The van der Waals surface area contributed by atoms with Crippen LogP contribution in [0.1, 0.15) is 23.3 Å². The van der Waals surface area contributed by atoms with Gasteiger partial charge < -0.3 is 4.57 Å². The van der Waals surface area contributed by atoms with Gasteiger partial charge in [0, 0.05) is 22.3 Å². The van der Waals surface area contributed by atoms with Gasteiger partial charge in [-0.15, -0.1) is 0 Å². The highest BCUT2D eigenvalue weighted by molar-refractivity contribution is 6.67. The van der Waals surface area contributed by atoms with Crippen LogP contribution in [-0.2, 0) is 0 Å². The first-order valence-corrected chi connectivity index (χ1v) is 9.91. The summed E-state index contributed by atoms with van der Waals surface area (Å²) in [5.41, 5.74) is 4.65. The number of carbonyl (C=O) groups excluding carboxylic acids is 1. The maximum absolute atomic E-state index is 11.7. The van der Waals surface area contributed by atoms with Crippen LogP contribution >= 0.6 is 11.6 Å². The van der Waals surface area contributed by atoms with Gasteiger partial charge >= 0.3 is 0 Å². The van der Waals surface area contributed by atoms with Crippen LogP contribution in [0.2, 0.25) is 0 Å². The molecule has 0 aliphatic heterocycles. The smallest absolute Gasteiger partial charge is 0.252 e. The highest BCUT2D eigenvalue weighted by atomic mass is 35.5. The van der Waals surface area contributed by atoms with Gasteiger partial charge in [-0.05, 0) is 24.6 Å². The summed E-state index contributed by atoms with van der Waals surface area (Å²) in [4.78, 5) is 16.7. The summed E-state index contributed by atoms with van der Waals surface area (Å²) in [6.45, 7) is 1.84. The molecule has 0 amide bonds. The summed E-state index contributed by atoms with van der Waals surface area (Å²) < 4.78 is 1.93. The average molecular weight is 412 g/mol. The van der Waals surface area contributed by atoms with Crippen LogP contribution in [0.4, 0.5) is 0 Å². The van der Waals surface area contributed by atoms with Crippen molar-refractivity contribution in [2.45, 2.75) is 13.0 Å². The molecule has 0 saturated heterocycles. The molecule has 0 spiro atoms. The standard InChI is InChI=1S/C25H18ClN3O/c1-17(16-27)29-23(19-11-6-3-7-12-19)22(18-9-4-2-5-10-18)28-25(29)21-14-8-13-20(15-21)24(26)30/h2-15,17H,1H3. The summed E-state index contributed by atoms with van der Waals surface area (Å²) in [5, 5.41) is 9.25. The van der Waals surface area contributed by atoms with E-state index in [2.05, 4.69) is 6.07 Å². The predicted molar refractivity (Wildman–Crippen MR) is 119 cm³/mol. The Bertz CT molecular complexity index is 1240. The van der Waals surface area contributed by atoms with E-state index in [0.717, 1.165) is 28.1 Å². The number of imidazole rings is 1. The molecule has 0 aliphatic carbocycles. The minimum Gasteiger partial charge on any atom is -0.307 e. The quantitative estimate of drug-likeness (QED) is 0.359. The topological polar surface area (TPSA) is 58.7 Å². The van der Waals surface area contributed by atoms with Crippen LogP contribution in [0.3, 0.4) is 0 Å². The van der Waals surface area contributed by atoms with E-state index in [-0.39, 0.29) is 0 Å². The highest BCUT2D eigenvalue weighted by Gasteiger charge is 2.24. The van der Waals surface area contributed by atoms with Crippen molar-refractivity contribution >= 4 is 16.8 Å². The Hall–Kier alpha value is -3.68. The number of hydrogen-bond acceptors (Lipinski definition) is 3. The van der Waals surface area contributed by atoms with Gasteiger partial charge in [0.25, 0.3) is 5.24 Å². The van der Waals surface area contributed by atoms with Gasteiger partial charge in [0.1, 0.15) is 11.9 Å². The van der Waals surface area contributed by atoms with Gasteiger partial charge in [-0.25, -0.2) is 4.98 Å².